The highest BCUT2D eigenvalue weighted by molar-refractivity contribution is 7.09. The smallest absolute Gasteiger partial charge is 0.255 e. The molecule has 0 heterocycles. The fraction of sp³-hybridized carbons (Fsp3) is 0.667. The molecule has 1 amide bonds. The van der Waals surface area contributed by atoms with Crippen molar-refractivity contribution in [1.29, 1.82) is 0 Å². The number of hydrogen-bond acceptors (Lipinski definition) is 3. The zero-order chi connectivity index (χ0) is 11.2. The first-order valence-electron chi connectivity index (χ1n) is 4.27. The summed E-state index contributed by atoms with van der Waals surface area (Å²) in [4.78, 5) is 16.5. The molecule has 0 aliphatic carbocycles. The summed E-state index contributed by atoms with van der Waals surface area (Å²) < 4.78 is 4.78. The van der Waals surface area contributed by atoms with Crippen molar-refractivity contribution in [3.05, 3.63) is 12.2 Å². The molecule has 0 saturated carbocycles. The van der Waals surface area contributed by atoms with Crippen LogP contribution in [0.3, 0.4) is 0 Å². The van der Waals surface area contributed by atoms with E-state index in [-0.39, 0.29) is 5.91 Å². The number of rotatable bonds is 5. The number of hydrogen-bond donors (Lipinski definition) is 0. The van der Waals surface area contributed by atoms with Gasteiger partial charge in [-0.1, -0.05) is 12.2 Å². The first-order chi connectivity index (χ1) is 6.45. The van der Waals surface area contributed by atoms with Gasteiger partial charge >= 0.3 is 0 Å². The lowest BCUT2D eigenvalue weighted by molar-refractivity contribution is -0.176. The van der Waals surface area contributed by atoms with Crippen molar-refractivity contribution in [3.8, 4) is 0 Å². The van der Waals surface area contributed by atoms with E-state index in [2.05, 4.69) is 9.47 Å². The first kappa shape index (κ1) is 13.6. The van der Waals surface area contributed by atoms with Gasteiger partial charge in [0.05, 0.1) is 19.1 Å². The maximum atomic E-state index is 11.7. The number of carbonyl (C=O) groups excluding carboxylic acids is 1. The van der Waals surface area contributed by atoms with E-state index in [1.165, 1.54) is 12.2 Å². The fourth-order valence-electron chi connectivity index (χ4n) is 0.958. The van der Waals surface area contributed by atoms with Crippen molar-refractivity contribution in [1.82, 2.24) is 5.06 Å². The quantitative estimate of drug-likeness (QED) is 0.398. The second kappa shape index (κ2) is 6.12. The van der Waals surface area contributed by atoms with Crippen molar-refractivity contribution in [2.24, 2.45) is 5.41 Å². The Labute approximate surface area is 87.5 Å². The summed E-state index contributed by atoms with van der Waals surface area (Å²) in [6.45, 7) is 4.12. The average Bonchev–Trinajstić information content (AvgIpc) is 2.15. The van der Waals surface area contributed by atoms with Crippen LogP contribution in [-0.4, -0.2) is 31.7 Å². The zero-order valence-electron chi connectivity index (χ0n) is 9.11. The molecule has 0 aliphatic heterocycles. The molecule has 0 aromatic carbocycles. The van der Waals surface area contributed by atoms with Gasteiger partial charge in [0, 0.05) is 16.5 Å². The highest BCUT2D eigenvalue weighted by atomic mass is 31.0. The van der Waals surface area contributed by atoms with Crippen molar-refractivity contribution in [3.63, 3.8) is 0 Å². The third-order valence-electron chi connectivity index (χ3n) is 1.84. The Morgan fingerprint density at radius 1 is 1.57 bits per heavy atom. The topological polar surface area (TPSA) is 38.8 Å². The molecule has 0 bridgehead atoms. The van der Waals surface area contributed by atoms with Crippen LogP contribution in [0, 0.1) is 5.41 Å². The van der Waals surface area contributed by atoms with Gasteiger partial charge in [-0.05, 0) is 13.8 Å². The highest BCUT2D eigenvalue weighted by Gasteiger charge is 2.27. The van der Waals surface area contributed by atoms with Gasteiger partial charge in [-0.2, -0.15) is 0 Å². The molecule has 0 fully saturated rings. The zero-order valence-corrected chi connectivity index (χ0v) is 10.3. The molecule has 0 N–H and O–H groups in total. The van der Waals surface area contributed by atoms with E-state index in [0.29, 0.717) is 6.61 Å². The van der Waals surface area contributed by atoms with Crippen LogP contribution in [0.2, 0.25) is 0 Å². The van der Waals surface area contributed by atoms with E-state index in [1.54, 1.807) is 19.2 Å². The Kier molecular flexibility index (Phi) is 5.93. The van der Waals surface area contributed by atoms with Crippen molar-refractivity contribution >= 4 is 15.4 Å². The van der Waals surface area contributed by atoms with Crippen LogP contribution in [0.1, 0.15) is 13.8 Å². The van der Waals surface area contributed by atoms with E-state index in [9.17, 15) is 4.79 Å². The van der Waals surface area contributed by atoms with Crippen molar-refractivity contribution < 1.29 is 14.2 Å². The van der Waals surface area contributed by atoms with Gasteiger partial charge in [0.15, 0.2) is 0 Å². The van der Waals surface area contributed by atoms with Crippen LogP contribution < -0.4 is 0 Å². The van der Waals surface area contributed by atoms with Crippen LogP contribution in [-0.2, 0) is 14.2 Å². The van der Waals surface area contributed by atoms with Crippen LogP contribution in [0.4, 0.5) is 0 Å². The maximum absolute atomic E-state index is 11.7. The van der Waals surface area contributed by atoms with Gasteiger partial charge in [0.2, 0.25) is 0 Å². The molecular formula is C9H18NO3P. The molecule has 0 radical (unpaired) electrons. The van der Waals surface area contributed by atoms with Gasteiger partial charge in [-0.3, -0.25) is 9.63 Å². The minimum absolute atomic E-state index is 0.0972. The lowest BCUT2D eigenvalue weighted by atomic mass is 9.92. The lowest BCUT2D eigenvalue weighted by Gasteiger charge is -2.24. The second-order valence-corrected chi connectivity index (χ2v) is 3.78. The Hall–Kier alpha value is -0.440. The van der Waals surface area contributed by atoms with Crippen molar-refractivity contribution in [2.45, 2.75) is 13.8 Å². The van der Waals surface area contributed by atoms with Gasteiger partial charge in [0.1, 0.15) is 0 Å². The predicted octanol–water partition coefficient (Wildman–Crippen LogP) is 1.40. The molecule has 82 valence electrons. The minimum atomic E-state index is -0.575. The Morgan fingerprint density at radius 2 is 2.14 bits per heavy atom. The molecule has 0 rings (SSSR count). The van der Waals surface area contributed by atoms with E-state index < -0.39 is 5.41 Å². The molecule has 0 aromatic heterocycles. The van der Waals surface area contributed by atoms with Crippen LogP contribution in [0.15, 0.2) is 12.2 Å². The van der Waals surface area contributed by atoms with Crippen LogP contribution in [0.25, 0.3) is 0 Å². The maximum Gasteiger partial charge on any atom is 0.255 e. The summed E-state index contributed by atoms with van der Waals surface area (Å²) in [5, 5.41) is 1.21. The summed E-state index contributed by atoms with van der Waals surface area (Å²) in [6.07, 6.45) is 3.60. The Morgan fingerprint density at radius 3 is 2.57 bits per heavy atom. The largest absolute Gasteiger partial charge is 0.362 e. The monoisotopic (exact) mass is 219 g/mol. The Bertz CT molecular complexity index is 216. The van der Waals surface area contributed by atoms with Crippen LogP contribution in [0.5, 0.6) is 0 Å². The number of hydroxylamine groups is 2. The van der Waals surface area contributed by atoms with E-state index in [0.717, 1.165) is 0 Å². The predicted molar refractivity (Wildman–Crippen MR) is 58.4 cm³/mol. The molecule has 14 heavy (non-hydrogen) atoms. The number of carbonyl (C=O) groups is 1. The standard InChI is InChI=1S/C9H18NO3P/c1-9(2,6-5-7-13-14)8(11)10(3)12-4/h5-6H,7,14H2,1-4H3/b6-5+. The van der Waals surface area contributed by atoms with E-state index in [1.807, 2.05) is 13.8 Å². The van der Waals surface area contributed by atoms with Crippen molar-refractivity contribution in [2.75, 3.05) is 20.8 Å². The average molecular weight is 219 g/mol. The number of amides is 1. The minimum Gasteiger partial charge on any atom is -0.362 e. The highest BCUT2D eigenvalue weighted by Crippen LogP contribution is 2.20. The molecule has 0 aliphatic rings. The van der Waals surface area contributed by atoms with Crippen LogP contribution >= 0.6 is 9.47 Å². The second-order valence-electron chi connectivity index (χ2n) is 3.44. The summed E-state index contributed by atoms with van der Waals surface area (Å²) in [5.74, 6) is -0.0972. The molecule has 1 unspecified atom stereocenters. The SMILES string of the molecule is CON(C)C(=O)C(C)(C)/C=C/COP. The summed E-state index contributed by atoms with van der Waals surface area (Å²) in [6, 6.07) is 0. The molecule has 5 heteroatoms. The van der Waals surface area contributed by atoms with Gasteiger partial charge in [-0.25, -0.2) is 5.06 Å². The number of nitrogens with zero attached hydrogens (tertiary/aromatic N) is 1. The normalized spacial score (nSPS) is 12.1. The fourth-order valence-corrected chi connectivity index (χ4v) is 1.07. The van der Waals surface area contributed by atoms with Gasteiger partial charge in [0.25, 0.3) is 5.91 Å². The lowest BCUT2D eigenvalue weighted by Crippen LogP contribution is -2.36. The molecular weight excluding hydrogens is 201 g/mol. The summed E-state index contributed by atoms with van der Waals surface area (Å²) in [5.41, 5.74) is -0.575. The summed E-state index contributed by atoms with van der Waals surface area (Å²) >= 11 is 0. The molecule has 0 spiro atoms. The van der Waals surface area contributed by atoms with E-state index >= 15 is 0 Å². The summed E-state index contributed by atoms with van der Waals surface area (Å²) in [7, 11) is 5.20. The molecule has 4 nitrogen and oxygen atoms in total. The molecule has 0 saturated heterocycles. The van der Waals surface area contributed by atoms with E-state index in [4.69, 9.17) is 9.36 Å². The van der Waals surface area contributed by atoms with Gasteiger partial charge < -0.3 is 4.52 Å². The molecule has 1 atom stereocenters. The first-order valence-corrected chi connectivity index (χ1v) is 4.74. The van der Waals surface area contributed by atoms with Gasteiger partial charge in [-0.15, -0.1) is 0 Å². The third kappa shape index (κ3) is 4.18. The third-order valence-corrected chi connectivity index (χ3v) is 2.03. The molecule has 0 aromatic rings. The Balaban J connectivity index is 4.37.